The van der Waals surface area contributed by atoms with Crippen LogP contribution in [0.25, 0.3) is 22.6 Å². The third kappa shape index (κ3) is 3.16. The van der Waals surface area contributed by atoms with E-state index in [1.54, 1.807) is 20.4 Å². The van der Waals surface area contributed by atoms with E-state index in [9.17, 15) is 0 Å². The Morgan fingerprint density at radius 3 is 2.35 bits per heavy atom. The second kappa shape index (κ2) is 6.48. The van der Waals surface area contributed by atoms with Crippen molar-refractivity contribution >= 4 is 0 Å². The highest BCUT2D eigenvalue weighted by Crippen LogP contribution is 2.32. The van der Waals surface area contributed by atoms with Crippen LogP contribution in [0.4, 0.5) is 0 Å². The fourth-order valence-corrected chi connectivity index (χ4v) is 2.36. The van der Waals surface area contributed by atoms with Crippen LogP contribution in [0.2, 0.25) is 0 Å². The molecule has 1 heterocycles. The highest BCUT2D eigenvalue weighted by molar-refractivity contribution is 5.70. The number of aryl methyl sites for hydroxylation is 1. The first kappa shape index (κ1) is 15.0. The summed E-state index contributed by atoms with van der Waals surface area (Å²) in [5.74, 6) is 2.16. The molecule has 0 N–H and O–H groups in total. The first-order valence-electron chi connectivity index (χ1n) is 7.34. The van der Waals surface area contributed by atoms with E-state index < -0.39 is 0 Å². The van der Waals surface area contributed by atoms with E-state index in [2.05, 4.69) is 29.0 Å². The number of nitrogens with zero attached hydrogens (tertiary/aromatic N) is 2. The van der Waals surface area contributed by atoms with Gasteiger partial charge in [-0.05, 0) is 25.1 Å². The molecular formula is C19H18N2O2. The van der Waals surface area contributed by atoms with Gasteiger partial charge in [-0.15, -0.1) is 0 Å². The van der Waals surface area contributed by atoms with Crippen LogP contribution in [-0.2, 0) is 0 Å². The zero-order valence-corrected chi connectivity index (χ0v) is 13.4. The summed E-state index contributed by atoms with van der Waals surface area (Å²) in [6.07, 6.45) is 1.77. The number of aromatic nitrogens is 2. The van der Waals surface area contributed by atoms with Crippen molar-refractivity contribution in [1.29, 1.82) is 0 Å². The smallest absolute Gasteiger partial charge is 0.159 e. The molecule has 0 fully saturated rings. The normalized spacial score (nSPS) is 10.4. The van der Waals surface area contributed by atoms with Crippen LogP contribution in [0.15, 0.2) is 54.7 Å². The van der Waals surface area contributed by atoms with E-state index in [0.717, 1.165) is 28.3 Å². The van der Waals surface area contributed by atoms with Gasteiger partial charge in [-0.25, -0.2) is 9.97 Å². The maximum Gasteiger partial charge on any atom is 0.159 e. The van der Waals surface area contributed by atoms with Crippen molar-refractivity contribution in [3.05, 3.63) is 60.3 Å². The lowest BCUT2D eigenvalue weighted by Gasteiger charge is -2.10. The molecule has 4 nitrogen and oxygen atoms in total. The van der Waals surface area contributed by atoms with Crippen LogP contribution in [0, 0.1) is 6.92 Å². The van der Waals surface area contributed by atoms with Crippen LogP contribution in [0.1, 0.15) is 5.56 Å². The maximum absolute atomic E-state index is 5.46. The van der Waals surface area contributed by atoms with Gasteiger partial charge in [0.25, 0.3) is 0 Å². The Kier molecular flexibility index (Phi) is 4.24. The molecule has 4 heteroatoms. The highest BCUT2D eigenvalue weighted by atomic mass is 16.5. The lowest BCUT2D eigenvalue weighted by Crippen LogP contribution is -1.95. The molecular weight excluding hydrogens is 288 g/mol. The van der Waals surface area contributed by atoms with Gasteiger partial charge in [0.05, 0.1) is 19.9 Å². The molecule has 23 heavy (non-hydrogen) atoms. The molecule has 2 aromatic carbocycles. The van der Waals surface area contributed by atoms with Gasteiger partial charge in [0.1, 0.15) is 11.5 Å². The summed E-state index contributed by atoms with van der Waals surface area (Å²) in [6, 6.07) is 15.7. The molecule has 0 bridgehead atoms. The standard InChI is InChI=1S/C19H18N2O2/c1-13-4-6-14(7-5-13)19-20-11-10-17(21-19)16-9-8-15(22-2)12-18(16)23-3/h4-12H,1-3H3. The van der Waals surface area contributed by atoms with Gasteiger partial charge < -0.3 is 9.47 Å². The third-order valence-corrected chi connectivity index (χ3v) is 3.65. The Morgan fingerprint density at radius 1 is 0.870 bits per heavy atom. The summed E-state index contributed by atoms with van der Waals surface area (Å²) >= 11 is 0. The molecule has 3 rings (SSSR count). The van der Waals surface area contributed by atoms with Gasteiger partial charge in [0.15, 0.2) is 5.82 Å². The fourth-order valence-electron chi connectivity index (χ4n) is 2.36. The zero-order chi connectivity index (χ0) is 16.2. The molecule has 0 unspecified atom stereocenters. The molecule has 0 saturated heterocycles. The summed E-state index contributed by atoms with van der Waals surface area (Å²) in [4.78, 5) is 9.05. The van der Waals surface area contributed by atoms with Crippen molar-refractivity contribution in [3.8, 4) is 34.1 Å². The number of rotatable bonds is 4. The number of ether oxygens (including phenoxy) is 2. The molecule has 0 aliphatic heterocycles. The van der Waals surface area contributed by atoms with Crippen molar-refractivity contribution in [1.82, 2.24) is 9.97 Å². The minimum atomic E-state index is 0.695. The van der Waals surface area contributed by atoms with Crippen LogP contribution in [0.3, 0.4) is 0 Å². The molecule has 116 valence electrons. The Balaban J connectivity index is 2.04. The van der Waals surface area contributed by atoms with Gasteiger partial charge >= 0.3 is 0 Å². The Morgan fingerprint density at radius 2 is 1.65 bits per heavy atom. The van der Waals surface area contributed by atoms with E-state index in [1.165, 1.54) is 5.56 Å². The number of benzene rings is 2. The quantitative estimate of drug-likeness (QED) is 0.727. The van der Waals surface area contributed by atoms with Gasteiger partial charge in [0.2, 0.25) is 0 Å². The summed E-state index contributed by atoms with van der Waals surface area (Å²) in [6.45, 7) is 2.06. The monoisotopic (exact) mass is 306 g/mol. The van der Waals surface area contributed by atoms with Gasteiger partial charge in [0, 0.05) is 23.4 Å². The van der Waals surface area contributed by atoms with Crippen molar-refractivity contribution in [2.75, 3.05) is 14.2 Å². The van der Waals surface area contributed by atoms with Gasteiger partial charge in [-0.3, -0.25) is 0 Å². The average molecular weight is 306 g/mol. The molecule has 0 aliphatic rings. The van der Waals surface area contributed by atoms with E-state index in [1.807, 2.05) is 36.4 Å². The summed E-state index contributed by atoms with van der Waals surface area (Å²) < 4.78 is 10.7. The predicted molar refractivity (Wildman–Crippen MR) is 90.7 cm³/mol. The molecule has 1 aromatic heterocycles. The van der Waals surface area contributed by atoms with E-state index in [4.69, 9.17) is 9.47 Å². The lowest BCUT2D eigenvalue weighted by atomic mass is 10.1. The molecule has 0 spiro atoms. The van der Waals surface area contributed by atoms with E-state index in [0.29, 0.717) is 5.82 Å². The van der Waals surface area contributed by atoms with Gasteiger partial charge in [-0.2, -0.15) is 0 Å². The second-order valence-electron chi connectivity index (χ2n) is 5.20. The molecule has 0 aliphatic carbocycles. The van der Waals surface area contributed by atoms with Crippen LogP contribution in [0.5, 0.6) is 11.5 Å². The Bertz CT molecular complexity index is 814. The molecule has 0 amide bonds. The molecule has 0 saturated carbocycles. The van der Waals surface area contributed by atoms with Crippen molar-refractivity contribution < 1.29 is 9.47 Å². The maximum atomic E-state index is 5.46. The Labute approximate surface area is 135 Å². The highest BCUT2D eigenvalue weighted by Gasteiger charge is 2.10. The third-order valence-electron chi connectivity index (χ3n) is 3.65. The van der Waals surface area contributed by atoms with Crippen LogP contribution >= 0.6 is 0 Å². The van der Waals surface area contributed by atoms with Crippen molar-refractivity contribution in [2.45, 2.75) is 6.92 Å². The largest absolute Gasteiger partial charge is 0.497 e. The fraction of sp³-hybridized carbons (Fsp3) is 0.158. The minimum absolute atomic E-state index is 0.695. The molecule has 3 aromatic rings. The van der Waals surface area contributed by atoms with E-state index in [-0.39, 0.29) is 0 Å². The molecule has 0 atom stereocenters. The summed E-state index contributed by atoms with van der Waals surface area (Å²) in [7, 11) is 3.27. The first-order valence-corrected chi connectivity index (χ1v) is 7.34. The zero-order valence-electron chi connectivity index (χ0n) is 13.4. The number of methoxy groups -OCH3 is 2. The SMILES string of the molecule is COc1ccc(-c2ccnc(-c3ccc(C)cc3)n2)c(OC)c1. The van der Waals surface area contributed by atoms with E-state index >= 15 is 0 Å². The van der Waals surface area contributed by atoms with Crippen LogP contribution in [-0.4, -0.2) is 24.2 Å². The van der Waals surface area contributed by atoms with Crippen LogP contribution < -0.4 is 9.47 Å². The average Bonchev–Trinajstić information content (AvgIpc) is 2.62. The number of hydrogen-bond acceptors (Lipinski definition) is 4. The van der Waals surface area contributed by atoms with Crippen molar-refractivity contribution in [2.24, 2.45) is 0 Å². The number of hydrogen-bond donors (Lipinski definition) is 0. The summed E-state index contributed by atoms with van der Waals surface area (Å²) in [5.41, 5.74) is 3.92. The summed E-state index contributed by atoms with van der Waals surface area (Å²) in [5, 5.41) is 0. The van der Waals surface area contributed by atoms with Crippen molar-refractivity contribution in [3.63, 3.8) is 0 Å². The minimum Gasteiger partial charge on any atom is -0.497 e. The molecule has 0 radical (unpaired) electrons. The Hall–Kier alpha value is -2.88. The lowest BCUT2D eigenvalue weighted by molar-refractivity contribution is 0.395. The predicted octanol–water partition coefficient (Wildman–Crippen LogP) is 4.14. The van der Waals surface area contributed by atoms with Gasteiger partial charge in [-0.1, -0.05) is 29.8 Å². The second-order valence-corrected chi connectivity index (χ2v) is 5.20. The topological polar surface area (TPSA) is 44.2 Å². The first-order chi connectivity index (χ1) is 11.2.